The lowest BCUT2D eigenvalue weighted by Crippen LogP contribution is -2.29. The first-order chi connectivity index (χ1) is 14.6. The summed E-state index contributed by atoms with van der Waals surface area (Å²) < 4.78 is 11.2. The molecule has 2 aromatic carbocycles. The van der Waals surface area contributed by atoms with Gasteiger partial charge in [-0.2, -0.15) is 0 Å². The Labute approximate surface area is 182 Å². The van der Waals surface area contributed by atoms with Crippen LogP contribution >= 0.6 is 24.0 Å². The van der Waals surface area contributed by atoms with Crippen molar-refractivity contribution in [1.29, 1.82) is 0 Å². The molecule has 0 unspecified atom stereocenters. The van der Waals surface area contributed by atoms with Crippen molar-refractivity contribution < 1.29 is 19.1 Å². The molecule has 6 nitrogen and oxygen atoms in total. The molecule has 0 aromatic heterocycles. The smallest absolute Gasteiger partial charge is 0.267 e. The molecule has 0 spiro atoms. The summed E-state index contributed by atoms with van der Waals surface area (Å²) in [6.45, 7) is 4.59. The van der Waals surface area contributed by atoms with E-state index in [9.17, 15) is 9.59 Å². The number of fused-ring (bicyclic) bond motifs is 2. The van der Waals surface area contributed by atoms with Gasteiger partial charge in [0.15, 0.2) is 11.5 Å². The number of carbonyl (C=O) groups is 2. The maximum Gasteiger partial charge on any atom is 0.267 e. The van der Waals surface area contributed by atoms with Crippen molar-refractivity contribution in [1.82, 2.24) is 4.90 Å². The van der Waals surface area contributed by atoms with Gasteiger partial charge < -0.3 is 14.4 Å². The molecule has 0 atom stereocenters. The van der Waals surface area contributed by atoms with Gasteiger partial charge in [0.25, 0.3) is 11.8 Å². The van der Waals surface area contributed by atoms with Gasteiger partial charge in [-0.15, -0.1) is 6.58 Å². The minimum atomic E-state index is -0.263. The third-order valence-electron chi connectivity index (χ3n) is 5.09. The number of thiocarbonyl (C=S) groups is 1. The molecule has 3 aliphatic rings. The first-order valence-electron chi connectivity index (χ1n) is 9.27. The monoisotopic (exact) mass is 436 g/mol. The predicted octanol–water partition coefficient (Wildman–Crippen LogP) is 3.72. The van der Waals surface area contributed by atoms with E-state index in [1.165, 1.54) is 16.7 Å². The van der Waals surface area contributed by atoms with Gasteiger partial charge in [0.05, 0.1) is 22.7 Å². The van der Waals surface area contributed by atoms with Gasteiger partial charge in [0.1, 0.15) is 4.32 Å². The van der Waals surface area contributed by atoms with E-state index in [-0.39, 0.29) is 18.6 Å². The van der Waals surface area contributed by atoms with E-state index >= 15 is 0 Å². The molecule has 0 aliphatic carbocycles. The van der Waals surface area contributed by atoms with Crippen LogP contribution in [0.4, 0.5) is 5.69 Å². The summed E-state index contributed by atoms with van der Waals surface area (Å²) >= 11 is 6.65. The Morgan fingerprint density at radius 2 is 1.87 bits per heavy atom. The van der Waals surface area contributed by atoms with Crippen molar-refractivity contribution in [3.05, 3.63) is 71.2 Å². The van der Waals surface area contributed by atoms with Crippen LogP contribution in [0.5, 0.6) is 11.5 Å². The number of thioether (sulfide) groups is 1. The lowest BCUT2D eigenvalue weighted by atomic mass is 10.1. The molecular formula is C22H16N2O4S2. The first-order valence-corrected chi connectivity index (χ1v) is 10.5. The average molecular weight is 437 g/mol. The number of para-hydroxylation sites is 1. The average Bonchev–Trinajstić information content (AvgIpc) is 3.40. The molecule has 3 heterocycles. The normalized spacial score (nSPS) is 19.7. The maximum absolute atomic E-state index is 13.3. The molecule has 5 rings (SSSR count). The summed E-state index contributed by atoms with van der Waals surface area (Å²) in [6.07, 6.45) is 1.67. The maximum atomic E-state index is 13.3. The minimum Gasteiger partial charge on any atom is -0.454 e. The largest absolute Gasteiger partial charge is 0.454 e. The van der Waals surface area contributed by atoms with E-state index in [0.717, 1.165) is 16.8 Å². The third-order valence-corrected chi connectivity index (χ3v) is 6.54. The number of ether oxygens (including phenoxy) is 2. The van der Waals surface area contributed by atoms with Crippen LogP contribution in [0.25, 0.3) is 5.57 Å². The summed E-state index contributed by atoms with van der Waals surface area (Å²) in [6, 6.07) is 13.0. The molecule has 2 amide bonds. The Kier molecular flexibility index (Phi) is 4.60. The van der Waals surface area contributed by atoms with Crippen molar-refractivity contribution in [3.63, 3.8) is 0 Å². The number of amides is 2. The molecule has 0 bridgehead atoms. The Morgan fingerprint density at radius 1 is 1.07 bits per heavy atom. The Hall–Kier alpha value is -3.10. The van der Waals surface area contributed by atoms with Crippen molar-refractivity contribution >= 4 is 51.4 Å². The molecular weight excluding hydrogens is 420 g/mol. The van der Waals surface area contributed by atoms with E-state index in [1.807, 2.05) is 42.5 Å². The van der Waals surface area contributed by atoms with Gasteiger partial charge in [-0.25, -0.2) is 0 Å². The van der Waals surface area contributed by atoms with E-state index in [4.69, 9.17) is 21.7 Å². The van der Waals surface area contributed by atoms with Crippen LogP contribution < -0.4 is 14.4 Å². The molecule has 1 saturated heterocycles. The van der Waals surface area contributed by atoms with Crippen molar-refractivity contribution in [2.75, 3.05) is 18.2 Å². The highest BCUT2D eigenvalue weighted by Gasteiger charge is 2.41. The predicted molar refractivity (Wildman–Crippen MR) is 119 cm³/mol. The summed E-state index contributed by atoms with van der Waals surface area (Å²) in [5.41, 5.74) is 2.79. The second-order valence-corrected chi connectivity index (χ2v) is 8.52. The van der Waals surface area contributed by atoms with Gasteiger partial charge in [0, 0.05) is 12.1 Å². The second-order valence-electron chi connectivity index (χ2n) is 6.87. The number of hydrogen-bond acceptors (Lipinski definition) is 6. The highest BCUT2D eigenvalue weighted by Crippen LogP contribution is 2.45. The second kappa shape index (κ2) is 7.30. The van der Waals surface area contributed by atoms with Crippen LogP contribution in [0.2, 0.25) is 0 Å². The zero-order valence-corrected chi connectivity index (χ0v) is 17.4. The van der Waals surface area contributed by atoms with Gasteiger partial charge in [-0.1, -0.05) is 54.3 Å². The van der Waals surface area contributed by atoms with Crippen LogP contribution in [0.3, 0.4) is 0 Å². The summed E-state index contributed by atoms with van der Waals surface area (Å²) in [4.78, 5) is 29.9. The molecule has 1 fully saturated rings. The van der Waals surface area contributed by atoms with Crippen molar-refractivity contribution in [3.8, 4) is 11.5 Å². The SMILES string of the molecule is C=CCN1C(=O)/C(=C2/SC(=S)N(Cc3ccc4c(c3)OCO4)C2=O)c2ccccc21. The van der Waals surface area contributed by atoms with E-state index in [1.54, 1.807) is 11.0 Å². The van der Waals surface area contributed by atoms with Gasteiger partial charge >= 0.3 is 0 Å². The number of benzene rings is 2. The molecule has 2 aromatic rings. The first kappa shape index (κ1) is 18.9. The third kappa shape index (κ3) is 2.91. The molecule has 0 radical (unpaired) electrons. The molecule has 30 heavy (non-hydrogen) atoms. The van der Waals surface area contributed by atoms with E-state index in [0.29, 0.717) is 39.4 Å². The van der Waals surface area contributed by atoms with Gasteiger partial charge in [0.2, 0.25) is 6.79 Å². The number of anilines is 1. The highest BCUT2D eigenvalue weighted by molar-refractivity contribution is 8.26. The standard InChI is InChI=1S/C22H16N2O4S2/c1-2-9-23-15-6-4-3-5-14(15)18(20(23)25)19-21(26)24(22(29)30-19)11-13-7-8-16-17(10-13)28-12-27-16/h2-8,10H,1,9,11-12H2/b19-18+. The lowest BCUT2D eigenvalue weighted by Gasteiger charge is -2.15. The fraction of sp³-hybridized carbons (Fsp3) is 0.136. The zero-order chi connectivity index (χ0) is 20.8. The van der Waals surface area contributed by atoms with Crippen LogP contribution in [-0.2, 0) is 16.1 Å². The van der Waals surface area contributed by atoms with E-state index in [2.05, 4.69) is 6.58 Å². The van der Waals surface area contributed by atoms with Crippen molar-refractivity contribution in [2.24, 2.45) is 0 Å². The zero-order valence-electron chi connectivity index (χ0n) is 15.8. The Balaban J connectivity index is 1.50. The Morgan fingerprint density at radius 3 is 2.70 bits per heavy atom. The minimum absolute atomic E-state index is 0.189. The number of hydrogen-bond donors (Lipinski definition) is 0. The van der Waals surface area contributed by atoms with Crippen molar-refractivity contribution in [2.45, 2.75) is 6.54 Å². The fourth-order valence-corrected chi connectivity index (χ4v) is 5.04. The lowest BCUT2D eigenvalue weighted by molar-refractivity contribution is -0.122. The molecule has 8 heteroatoms. The number of nitrogens with zero attached hydrogens (tertiary/aromatic N) is 2. The topological polar surface area (TPSA) is 59.1 Å². The fourth-order valence-electron chi connectivity index (χ4n) is 3.72. The van der Waals surface area contributed by atoms with Gasteiger partial charge in [-0.3, -0.25) is 14.5 Å². The van der Waals surface area contributed by atoms with Gasteiger partial charge in [-0.05, 0) is 23.8 Å². The summed E-state index contributed by atoms with van der Waals surface area (Å²) in [5, 5.41) is 0. The molecule has 3 aliphatic heterocycles. The highest BCUT2D eigenvalue weighted by atomic mass is 32.2. The molecule has 150 valence electrons. The van der Waals surface area contributed by atoms with Crippen LogP contribution in [0, 0.1) is 0 Å². The number of carbonyl (C=O) groups excluding carboxylic acids is 2. The van der Waals surface area contributed by atoms with Crippen LogP contribution in [0.15, 0.2) is 60.0 Å². The molecule has 0 saturated carbocycles. The molecule has 0 N–H and O–H groups in total. The summed E-state index contributed by atoms with van der Waals surface area (Å²) in [7, 11) is 0. The van der Waals surface area contributed by atoms with E-state index < -0.39 is 0 Å². The summed E-state index contributed by atoms with van der Waals surface area (Å²) in [5.74, 6) is 0.860. The van der Waals surface area contributed by atoms with Crippen LogP contribution in [0.1, 0.15) is 11.1 Å². The number of rotatable bonds is 4. The quantitative estimate of drug-likeness (QED) is 0.414. The Bertz CT molecular complexity index is 1160. The van der Waals surface area contributed by atoms with Crippen LogP contribution in [-0.4, -0.2) is 34.4 Å².